The predicted octanol–water partition coefficient (Wildman–Crippen LogP) is 5.22. The van der Waals surface area contributed by atoms with Gasteiger partial charge in [-0.3, -0.25) is 4.90 Å². The van der Waals surface area contributed by atoms with E-state index in [1.54, 1.807) is 11.3 Å². The molecule has 138 valence electrons. The molecule has 3 rings (SSSR count). The summed E-state index contributed by atoms with van der Waals surface area (Å²) < 4.78 is 0. The molecule has 2 aromatic rings. The van der Waals surface area contributed by atoms with Crippen molar-refractivity contribution in [1.82, 2.24) is 4.90 Å². The average Bonchev–Trinajstić information content (AvgIpc) is 3.28. The van der Waals surface area contributed by atoms with Gasteiger partial charge in [0.25, 0.3) is 0 Å². The SMILES string of the molecule is CCc1ccsc1C(=CCCN1CCC=C(C(=O)O)C1)c1sccc1C. The van der Waals surface area contributed by atoms with Crippen molar-refractivity contribution in [3.05, 3.63) is 61.5 Å². The fraction of sp³-hybridized carbons (Fsp3) is 0.381. The van der Waals surface area contributed by atoms with Gasteiger partial charge in [0.2, 0.25) is 0 Å². The molecule has 0 radical (unpaired) electrons. The standard InChI is InChI=1S/C21H25NO2S2/c1-3-16-9-13-26-20(16)18(19-15(2)8-12-25-19)7-5-11-22-10-4-6-17(14-22)21(23)24/h6-9,12-13H,3-5,10-11,14H2,1-2H3,(H,23,24). The molecule has 0 unspecified atom stereocenters. The molecule has 0 spiro atoms. The Balaban J connectivity index is 1.77. The zero-order valence-electron chi connectivity index (χ0n) is 15.3. The molecule has 0 amide bonds. The number of rotatable bonds is 7. The lowest BCUT2D eigenvalue weighted by atomic mass is 10.0. The third kappa shape index (κ3) is 4.34. The summed E-state index contributed by atoms with van der Waals surface area (Å²) in [6.45, 7) is 6.77. The Bertz CT molecular complexity index is 829. The summed E-state index contributed by atoms with van der Waals surface area (Å²) in [4.78, 5) is 16.2. The number of nitrogens with zero attached hydrogens (tertiary/aromatic N) is 1. The van der Waals surface area contributed by atoms with Crippen LogP contribution in [0.2, 0.25) is 0 Å². The zero-order chi connectivity index (χ0) is 18.5. The normalized spacial score (nSPS) is 15.9. The largest absolute Gasteiger partial charge is 0.478 e. The average molecular weight is 388 g/mol. The van der Waals surface area contributed by atoms with Gasteiger partial charge in [-0.05, 0) is 60.2 Å². The molecule has 3 nitrogen and oxygen atoms in total. The van der Waals surface area contributed by atoms with Crippen LogP contribution < -0.4 is 0 Å². The summed E-state index contributed by atoms with van der Waals surface area (Å²) in [6, 6.07) is 4.41. The minimum absolute atomic E-state index is 0.529. The molecule has 3 heterocycles. The van der Waals surface area contributed by atoms with Crippen molar-refractivity contribution >= 4 is 34.2 Å². The van der Waals surface area contributed by atoms with Crippen molar-refractivity contribution in [1.29, 1.82) is 0 Å². The summed E-state index contributed by atoms with van der Waals surface area (Å²) in [5, 5.41) is 13.5. The maximum atomic E-state index is 11.2. The molecule has 1 aliphatic rings. The predicted molar refractivity (Wildman–Crippen MR) is 111 cm³/mol. The Hall–Kier alpha value is -1.69. The van der Waals surface area contributed by atoms with Crippen LogP contribution in [0.15, 0.2) is 40.6 Å². The minimum Gasteiger partial charge on any atom is -0.478 e. The number of aryl methyl sites for hydroxylation is 2. The first-order chi connectivity index (χ1) is 12.6. The summed E-state index contributed by atoms with van der Waals surface area (Å²) in [7, 11) is 0. The van der Waals surface area contributed by atoms with Gasteiger partial charge in [-0.1, -0.05) is 19.1 Å². The van der Waals surface area contributed by atoms with Gasteiger partial charge in [-0.15, -0.1) is 22.7 Å². The van der Waals surface area contributed by atoms with Crippen LogP contribution in [-0.4, -0.2) is 35.6 Å². The summed E-state index contributed by atoms with van der Waals surface area (Å²) in [5.74, 6) is -0.786. The van der Waals surface area contributed by atoms with E-state index in [2.05, 4.69) is 47.7 Å². The Morgan fingerprint density at radius 3 is 2.73 bits per heavy atom. The highest BCUT2D eigenvalue weighted by atomic mass is 32.1. The van der Waals surface area contributed by atoms with Crippen molar-refractivity contribution in [3.63, 3.8) is 0 Å². The highest BCUT2D eigenvalue weighted by Gasteiger charge is 2.18. The van der Waals surface area contributed by atoms with Crippen molar-refractivity contribution < 1.29 is 9.90 Å². The Morgan fingerprint density at radius 2 is 2.04 bits per heavy atom. The maximum Gasteiger partial charge on any atom is 0.332 e. The summed E-state index contributed by atoms with van der Waals surface area (Å²) >= 11 is 3.62. The van der Waals surface area contributed by atoms with Gasteiger partial charge in [-0.25, -0.2) is 4.79 Å². The molecule has 0 aliphatic carbocycles. The number of aliphatic carboxylic acids is 1. The van der Waals surface area contributed by atoms with E-state index in [1.807, 2.05) is 17.4 Å². The van der Waals surface area contributed by atoms with Crippen LogP contribution in [0.5, 0.6) is 0 Å². The molecule has 5 heteroatoms. The van der Waals surface area contributed by atoms with Gasteiger partial charge in [0.05, 0.1) is 0 Å². The number of carbonyl (C=O) groups is 1. The molecule has 1 aliphatic heterocycles. The van der Waals surface area contributed by atoms with Gasteiger partial charge >= 0.3 is 5.97 Å². The highest BCUT2D eigenvalue weighted by molar-refractivity contribution is 7.14. The lowest BCUT2D eigenvalue weighted by Gasteiger charge is -2.25. The first kappa shape index (κ1) is 19.1. The second-order valence-electron chi connectivity index (χ2n) is 6.57. The van der Waals surface area contributed by atoms with Crippen LogP contribution in [0, 0.1) is 6.92 Å². The first-order valence-electron chi connectivity index (χ1n) is 9.06. The topological polar surface area (TPSA) is 40.5 Å². The van der Waals surface area contributed by atoms with Gasteiger partial charge in [0, 0.05) is 40.5 Å². The quantitative estimate of drug-likeness (QED) is 0.708. The fourth-order valence-corrected chi connectivity index (χ4v) is 5.41. The van der Waals surface area contributed by atoms with Crippen LogP contribution in [0.1, 0.15) is 40.6 Å². The molecule has 1 N–H and O–H groups in total. The molecule has 0 saturated heterocycles. The van der Waals surface area contributed by atoms with E-state index < -0.39 is 5.97 Å². The van der Waals surface area contributed by atoms with E-state index >= 15 is 0 Å². The van der Waals surface area contributed by atoms with Crippen LogP contribution in [0.25, 0.3) is 5.57 Å². The number of hydrogen-bond acceptors (Lipinski definition) is 4. The monoisotopic (exact) mass is 387 g/mol. The van der Waals surface area contributed by atoms with E-state index in [0.29, 0.717) is 12.1 Å². The lowest BCUT2D eigenvalue weighted by molar-refractivity contribution is -0.133. The molecule has 0 saturated carbocycles. The Labute approximate surface area is 163 Å². The maximum absolute atomic E-state index is 11.2. The third-order valence-corrected chi connectivity index (χ3v) is 6.82. The molecule has 0 atom stereocenters. The second kappa shape index (κ2) is 8.80. The van der Waals surface area contributed by atoms with E-state index in [0.717, 1.165) is 32.4 Å². The molecule has 26 heavy (non-hydrogen) atoms. The van der Waals surface area contributed by atoms with Crippen LogP contribution in [0.4, 0.5) is 0 Å². The van der Waals surface area contributed by atoms with E-state index in [9.17, 15) is 9.90 Å². The molecule has 0 bridgehead atoms. The Morgan fingerprint density at radius 1 is 1.27 bits per heavy atom. The van der Waals surface area contributed by atoms with Gasteiger partial charge < -0.3 is 5.11 Å². The molecular formula is C21H25NO2S2. The van der Waals surface area contributed by atoms with E-state index in [1.165, 1.54) is 26.5 Å². The molecular weight excluding hydrogens is 362 g/mol. The van der Waals surface area contributed by atoms with Crippen molar-refractivity contribution in [2.75, 3.05) is 19.6 Å². The third-order valence-electron chi connectivity index (χ3n) is 4.78. The second-order valence-corrected chi connectivity index (χ2v) is 8.40. The lowest BCUT2D eigenvalue weighted by Crippen LogP contribution is -2.32. The molecule has 0 aromatic carbocycles. The number of hydrogen-bond donors (Lipinski definition) is 1. The van der Waals surface area contributed by atoms with E-state index in [4.69, 9.17) is 0 Å². The summed E-state index contributed by atoms with van der Waals surface area (Å²) in [5.41, 5.74) is 4.60. The Kier molecular flexibility index (Phi) is 6.46. The fourth-order valence-electron chi connectivity index (χ4n) is 3.33. The summed E-state index contributed by atoms with van der Waals surface area (Å²) in [6.07, 6.45) is 7.00. The number of carboxylic acids is 1. The first-order valence-corrected chi connectivity index (χ1v) is 10.8. The van der Waals surface area contributed by atoms with E-state index in [-0.39, 0.29) is 0 Å². The van der Waals surface area contributed by atoms with Gasteiger partial charge in [-0.2, -0.15) is 0 Å². The van der Waals surface area contributed by atoms with Gasteiger partial charge in [0.1, 0.15) is 0 Å². The van der Waals surface area contributed by atoms with Crippen LogP contribution in [0.3, 0.4) is 0 Å². The van der Waals surface area contributed by atoms with Crippen molar-refractivity contribution in [2.24, 2.45) is 0 Å². The minimum atomic E-state index is -0.786. The van der Waals surface area contributed by atoms with Crippen LogP contribution >= 0.6 is 22.7 Å². The highest BCUT2D eigenvalue weighted by Crippen LogP contribution is 2.36. The van der Waals surface area contributed by atoms with Crippen molar-refractivity contribution in [3.8, 4) is 0 Å². The molecule has 2 aromatic heterocycles. The molecule has 0 fully saturated rings. The smallest absolute Gasteiger partial charge is 0.332 e. The van der Waals surface area contributed by atoms with Crippen molar-refractivity contribution in [2.45, 2.75) is 33.1 Å². The number of thiophene rings is 2. The van der Waals surface area contributed by atoms with Crippen LogP contribution in [-0.2, 0) is 11.2 Å². The number of carboxylic acid groups (broad SMARTS) is 1. The zero-order valence-corrected chi connectivity index (χ0v) is 17.0. The van der Waals surface area contributed by atoms with Gasteiger partial charge in [0.15, 0.2) is 0 Å².